The molecule has 2 aliphatic heterocycles. The average Bonchev–Trinajstić information content (AvgIpc) is 3.26. The number of carbonyl (C=O) groups is 2. The molecule has 0 spiro atoms. The number of benzene rings is 3. The largest absolute Gasteiger partial charge is 0.273 e. The summed E-state index contributed by atoms with van der Waals surface area (Å²) in [6.07, 6.45) is -1.01. The second-order valence-corrected chi connectivity index (χ2v) is 7.03. The fraction of sp³-hybridized carbons (Fsp3) is 0.130. The molecule has 0 radical (unpaired) electrons. The summed E-state index contributed by atoms with van der Waals surface area (Å²) >= 11 is 0. The van der Waals surface area contributed by atoms with E-state index in [1.54, 1.807) is 11.1 Å². The topological polar surface area (TPSA) is 49.9 Å². The SMILES string of the molecule is O=C1[C@H]2[C@H](ON(c3ccccc3)[C@@H]2c2ccccc2)C(=O)N1c1ccccc1F. The van der Waals surface area contributed by atoms with Crippen LogP contribution in [0, 0.1) is 11.7 Å². The second kappa shape index (κ2) is 6.83. The number of hydrogen-bond donors (Lipinski definition) is 0. The number of para-hydroxylation sites is 2. The van der Waals surface area contributed by atoms with Gasteiger partial charge in [0.05, 0.1) is 17.4 Å². The van der Waals surface area contributed by atoms with Gasteiger partial charge in [0.2, 0.25) is 5.91 Å². The Balaban J connectivity index is 1.60. The number of anilines is 2. The summed E-state index contributed by atoms with van der Waals surface area (Å²) in [6.45, 7) is 0. The van der Waals surface area contributed by atoms with Crippen LogP contribution in [0.4, 0.5) is 15.8 Å². The first kappa shape index (κ1) is 17.6. The van der Waals surface area contributed by atoms with Crippen LogP contribution in [0.15, 0.2) is 84.9 Å². The highest BCUT2D eigenvalue weighted by Gasteiger charge is 2.60. The third kappa shape index (κ3) is 2.72. The maximum Gasteiger partial charge on any atom is 0.266 e. The van der Waals surface area contributed by atoms with Crippen molar-refractivity contribution in [3.8, 4) is 0 Å². The van der Waals surface area contributed by atoms with Gasteiger partial charge in [-0.2, -0.15) is 0 Å². The molecule has 6 heteroatoms. The van der Waals surface area contributed by atoms with Crippen LogP contribution in [0.5, 0.6) is 0 Å². The molecule has 0 aromatic heterocycles. The molecule has 5 rings (SSSR count). The lowest BCUT2D eigenvalue weighted by atomic mass is 9.90. The lowest BCUT2D eigenvalue weighted by molar-refractivity contribution is -0.126. The second-order valence-electron chi connectivity index (χ2n) is 7.03. The minimum atomic E-state index is -1.01. The van der Waals surface area contributed by atoms with E-state index in [9.17, 15) is 14.0 Å². The number of fused-ring (bicyclic) bond motifs is 1. The number of amides is 2. The van der Waals surface area contributed by atoms with Gasteiger partial charge in [-0.15, -0.1) is 0 Å². The molecule has 2 aliphatic rings. The summed E-state index contributed by atoms with van der Waals surface area (Å²) in [6, 6.07) is 24.0. The molecule has 3 aromatic rings. The molecule has 2 amide bonds. The zero-order valence-corrected chi connectivity index (χ0v) is 15.3. The van der Waals surface area contributed by atoms with Gasteiger partial charge in [0, 0.05) is 0 Å². The van der Waals surface area contributed by atoms with Crippen LogP contribution in [-0.4, -0.2) is 17.9 Å². The van der Waals surface area contributed by atoms with E-state index < -0.39 is 35.7 Å². The fourth-order valence-electron chi connectivity index (χ4n) is 4.07. The highest BCUT2D eigenvalue weighted by atomic mass is 19.1. The van der Waals surface area contributed by atoms with Crippen molar-refractivity contribution in [2.75, 3.05) is 9.96 Å². The Kier molecular flexibility index (Phi) is 4.14. The number of imide groups is 1. The molecule has 0 aliphatic carbocycles. The molecule has 144 valence electrons. The van der Waals surface area contributed by atoms with Gasteiger partial charge in [-0.05, 0) is 29.8 Å². The predicted octanol–water partition coefficient (Wildman–Crippen LogP) is 3.88. The van der Waals surface area contributed by atoms with Crippen molar-refractivity contribution >= 4 is 23.2 Å². The Hall–Kier alpha value is -3.51. The van der Waals surface area contributed by atoms with E-state index in [0.717, 1.165) is 16.2 Å². The van der Waals surface area contributed by atoms with Crippen LogP contribution in [0.25, 0.3) is 0 Å². The summed E-state index contributed by atoms with van der Waals surface area (Å²) in [5, 5.41) is 1.62. The lowest BCUT2D eigenvalue weighted by Crippen LogP contribution is -2.37. The van der Waals surface area contributed by atoms with Gasteiger partial charge in [-0.1, -0.05) is 60.7 Å². The molecule has 0 unspecified atom stereocenters. The van der Waals surface area contributed by atoms with Gasteiger partial charge in [-0.3, -0.25) is 14.4 Å². The average molecular weight is 388 g/mol. The summed E-state index contributed by atoms with van der Waals surface area (Å²) < 4.78 is 14.3. The summed E-state index contributed by atoms with van der Waals surface area (Å²) in [5.41, 5.74) is 1.55. The zero-order valence-electron chi connectivity index (χ0n) is 15.3. The minimum Gasteiger partial charge on any atom is -0.273 e. The van der Waals surface area contributed by atoms with Crippen LogP contribution >= 0.6 is 0 Å². The van der Waals surface area contributed by atoms with Crippen LogP contribution in [-0.2, 0) is 14.4 Å². The normalized spacial score (nSPS) is 23.6. The zero-order chi connectivity index (χ0) is 20.0. The number of carbonyl (C=O) groups excluding carboxylic acids is 2. The van der Waals surface area contributed by atoms with Crippen LogP contribution in [0.2, 0.25) is 0 Å². The number of hydrogen-bond acceptors (Lipinski definition) is 4. The number of nitrogens with zero attached hydrogens (tertiary/aromatic N) is 2. The summed E-state index contributed by atoms with van der Waals surface area (Å²) in [5.74, 6) is -2.41. The maximum absolute atomic E-state index is 14.3. The van der Waals surface area contributed by atoms with Crippen molar-refractivity contribution in [2.45, 2.75) is 12.1 Å². The fourth-order valence-corrected chi connectivity index (χ4v) is 4.07. The molecule has 2 saturated heterocycles. The molecule has 5 nitrogen and oxygen atoms in total. The van der Waals surface area contributed by atoms with Crippen LogP contribution in [0.1, 0.15) is 11.6 Å². The van der Waals surface area contributed by atoms with E-state index in [1.165, 1.54) is 18.2 Å². The molecule has 0 saturated carbocycles. The van der Waals surface area contributed by atoms with E-state index in [0.29, 0.717) is 0 Å². The molecule has 2 heterocycles. The van der Waals surface area contributed by atoms with Gasteiger partial charge in [-0.25, -0.2) is 14.4 Å². The number of hydroxylamine groups is 1. The Morgan fingerprint density at radius 2 is 1.38 bits per heavy atom. The molecular weight excluding hydrogens is 371 g/mol. The molecule has 2 fully saturated rings. The first-order valence-electron chi connectivity index (χ1n) is 9.35. The quantitative estimate of drug-likeness (QED) is 0.639. The van der Waals surface area contributed by atoms with Crippen LogP contribution < -0.4 is 9.96 Å². The standard InChI is InChI=1S/C23H17FN2O3/c24-17-13-7-8-14-18(17)25-22(27)19-20(15-9-3-1-4-10-15)26(29-21(19)23(25)28)16-11-5-2-6-12-16/h1-14,19-21H/t19-,20-,21+/m1/s1. The molecular formula is C23H17FN2O3. The first-order chi connectivity index (χ1) is 14.2. The van der Waals surface area contributed by atoms with Gasteiger partial charge >= 0.3 is 0 Å². The number of rotatable bonds is 3. The molecule has 3 atom stereocenters. The molecule has 0 bridgehead atoms. The van der Waals surface area contributed by atoms with Crippen molar-refractivity contribution in [1.29, 1.82) is 0 Å². The van der Waals surface area contributed by atoms with Gasteiger partial charge in [0.25, 0.3) is 5.91 Å². The highest BCUT2D eigenvalue weighted by Crippen LogP contribution is 2.47. The van der Waals surface area contributed by atoms with Crippen molar-refractivity contribution in [1.82, 2.24) is 0 Å². The first-order valence-corrected chi connectivity index (χ1v) is 9.35. The van der Waals surface area contributed by atoms with E-state index in [-0.39, 0.29) is 5.69 Å². The van der Waals surface area contributed by atoms with Crippen LogP contribution in [0.3, 0.4) is 0 Å². The maximum atomic E-state index is 14.3. The van der Waals surface area contributed by atoms with Crippen molar-refractivity contribution in [2.24, 2.45) is 5.92 Å². The van der Waals surface area contributed by atoms with Gasteiger partial charge in [0.15, 0.2) is 6.10 Å². The Labute approximate surface area is 166 Å². The third-order valence-corrected chi connectivity index (χ3v) is 5.36. The lowest BCUT2D eigenvalue weighted by Gasteiger charge is -2.28. The molecule has 29 heavy (non-hydrogen) atoms. The monoisotopic (exact) mass is 388 g/mol. The third-order valence-electron chi connectivity index (χ3n) is 5.36. The Bertz CT molecular complexity index is 1070. The minimum absolute atomic E-state index is 0.0430. The smallest absolute Gasteiger partial charge is 0.266 e. The predicted molar refractivity (Wildman–Crippen MR) is 105 cm³/mol. The van der Waals surface area contributed by atoms with E-state index in [4.69, 9.17) is 4.84 Å². The Morgan fingerprint density at radius 1 is 0.759 bits per heavy atom. The van der Waals surface area contributed by atoms with Gasteiger partial charge < -0.3 is 0 Å². The van der Waals surface area contributed by atoms with E-state index in [1.807, 2.05) is 60.7 Å². The van der Waals surface area contributed by atoms with Crippen molar-refractivity contribution in [3.63, 3.8) is 0 Å². The van der Waals surface area contributed by atoms with Crippen molar-refractivity contribution < 1.29 is 18.8 Å². The summed E-state index contributed by atoms with van der Waals surface area (Å²) in [4.78, 5) is 33.4. The molecule has 0 N–H and O–H groups in total. The number of halogens is 1. The van der Waals surface area contributed by atoms with Gasteiger partial charge in [0.1, 0.15) is 11.7 Å². The molecule has 3 aromatic carbocycles. The van der Waals surface area contributed by atoms with E-state index in [2.05, 4.69) is 0 Å². The summed E-state index contributed by atoms with van der Waals surface area (Å²) in [7, 11) is 0. The van der Waals surface area contributed by atoms with E-state index >= 15 is 0 Å². The highest BCUT2D eigenvalue weighted by molar-refractivity contribution is 6.24. The van der Waals surface area contributed by atoms with Crippen molar-refractivity contribution in [3.05, 3.63) is 96.3 Å². The Morgan fingerprint density at radius 3 is 2.07 bits per heavy atom.